The SMILES string of the molecule is CCCC(CCC)=NNC(=O)CC(=O)NCCc1ccccc1. The lowest BCUT2D eigenvalue weighted by Gasteiger charge is -2.06. The second-order valence-corrected chi connectivity index (χ2v) is 5.48. The maximum atomic E-state index is 11.7. The van der Waals surface area contributed by atoms with Gasteiger partial charge in [-0.3, -0.25) is 9.59 Å². The van der Waals surface area contributed by atoms with Crippen LogP contribution in [0.15, 0.2) is 35.4 Å². The average molecular weight is 317 g/mol. The highest BCUT2D eigenvalue weighted by Crippen LogP contribution is 2.00. The van der Waals surface area contributed by atoms with Gasteiger partial charge in [-0.25, -0.2) is 5.43 Å². The summed E-state index contributed by atoms with van der Waals surface area (Å²) in [7, 11) is 0. The van der Waals surface area contributed by atoms with Crippen LogP contribution in [0.1, 0.15) is 51.5 Å². The first-order valence-corrected chi connectivity index (χ1v) is 8.30. The van der Waals surface area contributed by atoms with Crippen LogP contribution in [0.25, 0.3) is 0 Å². The molecule has 0 aromatic heterocycles. The monoisotopic (exact) mass is 317 g/mol. The molecule has 0 saturated carbocycles. The van der Waals surface area contributed by atoms with Gasteiger partial charge in [-0.15, -0.1) is 0 Å². The fraction of sp³-hybridized carbons (Fsp3) is 0.500. The number of nitrogens with zero attached hydrogens (tertiary/aromatic N) is 1. The van der Waals surface area contributed by atoms with Gasteiger partial charge in [0.2, 0.25) is 11.8 Å². The third-order valence-corrected chi connectivity index (χ3v) is 3.32. The zero-order chi connectivity index (χ0) is 16.9. The minimum Gasteiger partial charge on any atom is -0.355 e. The quantitative estimate of drug-likeness (QED) is 0.396. The lowest BCUT2D eigenvalue weighted by atomic mass is 10.1. The number of benzene rings is 1. The van der Waals surface area contributed by atoms with E-state index in [0.717, 1.165) is 43.4 Å². The molecule has 0 fully saturated rings. The topological polar surface area (TPSA) is 70.6 Å². The predicted molar refractivity (Wildman–Crippen MR) is 93.2 cm³/mol. The summed E-state index contributed by atoms with van der Waals surface area (Å²) in [4.78, 5) is 23.4. The van der Waals surface area contributed by atoms with E-state index in [2.05, 4.69) is 29.7 Å². The highest BCUT2D eigenvalue weighted by atomic mass is 16.2. The van der Waals surface area contributed by atoms with Crippen LogP contribution < -0.4 is 10.7 Å². The van der Waals surface area contributed by atoms with E-state index in [9.17, 15) is 9.59 Å². The van der Waals surface area contributed by atoms with Gasteiger partial charge in [0.15, 0.2) is 0 Å². The Hall–Kier alpha value is -2.17. The van der Waals surface area contributed by atoms with E-state index in [4.69, 9.17) is 0 Å². The Bertz CT molecular complexity index is 504. The molecule has 0 bridgehead atoms. The minimum absolute atomic E-state index is 0.191. The number of hydrogen-bond acceptors (Lipinski definition) is 3. The fourth-order valence-electron chi connectivity index (χ4n) is 2.19. The normalized spacial score (nSPS) is 10.0. The molecular formula is C18H27N3O2. The van der Waals surface area contributed by atoms with E-state index in [-0.39, 0.29) is 18.2 Å². The van der Waals surface area contributed by atoms with Gasteiger partial charge in [-0.2, -0.15) is 5.10 Å². The standard InChI is InChI=1S/C18H27N3O2/c1-3-8-16(9-4-2)20-21-18(23)14-17(22)19-13-12-15-10-6-5-7-11-15/h5-7,10-11H,3-4,8-9,12-14H2,1-2H3,(H,19,22)(H,21,23). The van der Waals surface area contributed by atoms with Gasteiger partial charge in [0.05, 0.1) is 0 Å². The lowest BCUT2D eigenvalue weighted by molar-refractivity contribution is -0.129. The van der Waals surface area contributed by atoms with Crippen LogP contribution in [0, 0.1) is 0 Å². The van der Waals surface area contributed by atoms with Gasteiger partial charge >= 0.3 is 0 Å². The smallest absolute Gasteiger partial charge is 0.249 e. The number of carbonyl (C=O) groups is 2. The zero-order valence-corrected chi connectivity index (χ0v) is 14.1. The second-order valence-electron chi connectivity index (χ2n) is 5.48. The lowest BCUT2D eigenvalue weighted by Crippen LogP contribution is -2.31. The van der Waals surface area contributed by atoms with Crippen molar-refractivity contribution < 1.29 is 9.59 Å². The first-order valence-electron chi connectivity index (χ1n) is 8.30. The van der Waals surface area contributed by atoms with Crippen molar-refractivity contribution in [1.29, 1.82) is 0 Å². The molecule has 126 valence electrons. The Morgan fingerprint density at radius 1 is 1.00 bits per heavy atom. The Labute approximate surface area is 138 Å². The summed E-state index contributed by atoms with van der Waals surface area (Å²) < 4.78 is 0. The Morgan fingerprint density at radius 3 is 2.26 bits per heavy atom. The highest BCUT2D eigenvalue weighted by Gasteiger charge is 2.08. The molecule has 0 unspecified atom stereocenters. The number of nitrogens with one attached hydrogen (secondary N) is 2. The molecule has 1 rings (SSSR count). The van der Waals surface area contributed by atoms with E-state index in [0.29, 0.717) is 6.54 Å². The summed E-state index contributed by atoms with van der Waals surface area (Å²) in [6.07, 6.45) is 4.30. The van der Waals surface area contributed by atoms with Crippen molar-refractivity contribution >= 4 is 17.5 Å². The van der Waals surface area contributed by atoms with Crippen LogP contribution in [0.5, 0.6) is 0 Å². The molecule has 0 radical (unpaired) electrons. The summed E-state index contributed by atoms with van der Waals surface area (Å²) in [5.41, 5.74) is 4.62. The van der Waals surface area contributed by atoms with Crippen molar-refractivity contribution in [2.45, 2.75) is 52.4 Å². The summed E-state index contributed by atoms with van der Waals surface area (Å²) in [5, 5.41) is 6.87. The van der Waals surface area contributed by atoms with Gasteiger partial charge in [0.1, 0.15) is 6.42 Å². The van der Waals surface area contributed by atoms with Gasteiger partial charge in [0, 0.05) is 12.3 Å². The third kappa shape index (κ3) is 8.76. The Morgan fingerprint density at radius 2 is 1.65 bits per heavy atom. The molecule has 0 aliphatic heterocycles. The molecule has 5 nitrogen and oxygen atoms in total. The number of amides is 2. The van der Waals surface area contributed by atoms with Gasteiger partial charge in [-0.1, -0.05) is 57.0 Å². The number of rotatable bonds is 10. The average Bonchev–Trinajstić information content (AvgIpc) is 2.54. The molecule has 2 N–H and O–H groups in total. The van der Waals surface area contributed by atoms with Crippen LogP contribution in [0.4, 0.5) is 0 Å². The van der Waals surface area contributed by atoms with Crippen molar-refractivity contribution in [3.05, 3.63) is 35.9 Å². The van der Waals surface area contributed by atoms with Gasteiger partial charge in [0.25, 0.3) is 0 Å². The van der Waals surface area contributed by atoms with Crippen molar-refractivity contribution in [2.75, 3.05) is 6.54 Å². The number of hydrazone groups is 1. The molecule has 0 spiro atoms. The van der Waals surface area contributed by atoms with E-state index in [1.54, 1.807) is 0 Å². The summed E-state index contributed by atoms with van der Waals surface area (Å²) in [6, 6.07) is 9.91. The highest BCUT2D eigenvalue weighted by molar-refractivity contribution is 5.97. The molecule has 1 aromatic carbocycles. The summed E-state index contributed by atoms with van der Waals surface area (Å²) in [6.45, 7) is 4.68. The number of carbonyl (C=O) groups excluding carboxylic acids is 2. The van der Waals surface area contributed by atoms with Crippen LogP contribution in [-0.4, -0.2) is 24.1 Å². The fourth-order valence-corrected chi connectivity index (χ4v) is 2.19. The second kappa shape index (κ2) is 11.4. The molecule has 5 heteroatoms. The molecule has 2 amide bonds. The van der Waals surface area contributed by atoms with E-state index >= 15 is 0 Å². The van der Waals surface area contributed by atoms with Crippen LogP contribution in [0.3, 0.4) is 0 Å². The zero-order valence-electron chi connectivity index (χ0n) is 14.1. The van der Waals surface area contributed by atoms with E-state index < -0.39 is 0 Å². The van der Waals surface area contributed by atoms with Crippen molar-refractivity contribution in [1.82, 2.24) is 10.7 Å². The molecule has 0 aliphatic rings. The molecular weight excluding hydrogens is 290 g/mol. The Kier molecular flexibility index (Phi) is 9.36. The minimum atomic E-state index is -0.369. The third-order valence-electron chi connectivity index (χ3n) is 3.32. The van der Waals surface area contributed by atoms with E-state index in [1.807, 2.05) is 30.3 Å². The van der Waals surface area contributed by atoms with Crippen molar-refractivity contribution in [2.24, 2.45) is 5.10 Å². The molecule has 0 aliphatic carbocycles. The molecule has 0 saturated heterocycles. The van der Waals surface area contributed by atoms with Gasteiger partial charge in [-0.05, 0) is 24.8 Å². The molecule has 0 atom stereocenters. The summed E-state index contributed by atoms with van der Waals surface area (Å²) in [5.74, 6) is -0.645. The summed E-state index contributed by atoms with van der Waals surface area (Å²) >= 11 is 0. The molecule has 1 aromatic rings. The maximum absolute atomic E-state index is 11.7. The van der Waals surface area contributed by atoms with E-state index in [1.165, 1.54) is 0 Å². The van der Waals surface area contributed by atoms with Crippen LogP contribution in [-0.2, 0) is 16.0 Å². The Balaban J connectivity index is 2.27. The predicted octanol–water partition coefficient (Wildman–Crippen LogP) is 2.81. The largest absolute Gasteiger partial charge is 0.355 e. The number of hydrogen-bond donors (Lipinski definition) is 2. The molecule has 23 heavy (non-hydrogen) atoms. The van der Waals surface area contributed by atoms with Crippen LogP contribution >= 0.6 is 0 Å². The first-order chi connectivity index (χ1) is 11.2. The van der Waals surface area contributed by atoms with Gasteiger partial charge < -0.3 is 5.32 Å². The van der Waals surface area contributed by atoms with Crippen molar-refractivity contribution in [3.63, 3.8) is 0 Å². The first kappa shape index (κ1) is 18.9. The molecule has 0 heterocycles. The van der Waals surface area contributed by atoms with Crippen LogP contribution in [0.2, 0.25) is 0 Å². The maximum Gasteiger partial charge on any atom is 0.249 e. The van der Waals surface area contributed by atoms with Crippen molar-refractivity contribution in [3.8, 4) is 0 Å².